The highest BCUT2D eigenvalue weighted by Crippen LogP contribution is 2.32. The fourth-order valence-electron chi connectivity index (χ4n) is 3.16. The summed E-state index contributed by atoms with van der Waals surface area (Å²) in [7, 11) is 0. The van der Waals surface area contributed by atoms with Crippen molar-refractivity contribution in [1.82, 2.24) is 10.6 Å². The number of carbonyl (C=O) groups excluding carboxylic acids is 3. The molecule has 23 heavy (non-hydrogen) atoms. The van der Waals surface area contributed by atoms with Gasteiger partial charge in [-0.25, -0.2) is 4.79 Å². The molecule has 0 aromatic heterocycles. The maximum Gasteiger partial charge on any atom is 0.328 e. The quantitative estimate of drug-likeness (QED) is 0.852. The molecule has 1 aliphatic heterocycles. The summed E-state index contributed by atoms with van der Waals surface area (Å²) in [6.07, 6.45) is 1.30. The zero-order chi connectivity index (χ0) is 16.4. The largest absolute Gasteiger partial charge is 0.328 e. The smallest absolute Gasteiger partial charge is 0.277 e. The molecule has 0 saturated carbocycles. The van der Waals surface area contributed by atoms with Gasteiger partial charge in [0.05, 0.1) is 0 Å². The summed E-state index contributed by atoms with van der Waals surface area (Å²) in [4.78, 5) is 35.8. The molecule has 2 N–H and O–H groups in total. The van der Waals surface area contributed by atoms with Crippen molar-refractivity contribution in [2.45, 2.75) is 26.2 Å². The summed E-state index contributed by atoms with van der Waals surface area (Å²) in [6, 6.07) is 13.3. The van der Waals surface area contributed by atoms with Gasteiger partial charge in [-0.1, -0.05) is 49.4 Å². The average Bonchev–Trinajstić information content (AvgIpc) is 2.54. The molecule has 5 heteroatoms. The standard InChI is InChI=1S/C18H18N2O3/c1-2-18(15(21)19-17(23)20-16(18)22)11-10-13-8-5-7-12-6-3-4-9-14(12)13/h3-9H,2,10-11H2,1H3,(H2,19,20,21,22,23). The van der Waals surface area contributed by atoms with E-state index in [4.69, 9.17) is 0 Å². The molecular weight excluding hydrogens is 292 g/mol. The number of nitrogens with one attached hydrogen (secondary N) is 2. The molecule has 1 aliphatic rings. The van der Waals surface area contributed by atoms with Crippen LogP contribution >= 0.6 is 0 Å². The van der Waals surface area contributed by atoms with E-state index in [0.29, 0.717) is 19.3 Å². The third kappa shape index (κ3) is 2.59. The second-order valence-electron chi connectivity index (χ2n) is 5.81. The van der Waals surface area contributed by atoms with Gasteiger partial charge in [-0.3, -0.25) is 20.2 Å². The molecule has 1 fully saturated rings. The minimum Gasteiger partial charge on any atom is -0.277 e. The van der Waals surface area contributed by atoms with E-state index in [0.717, 1.165) is 16.3 Å². The molecule has 118 valence electrons. The Kier molecular flexibility index (Phi) is 3.86. The molecule has 0 atom stereocenters. The Balaban J connectivity index is 1.89. The van der Waals surface area contributed by atoms with Gasteiger partial charge >= 0.3 is 6.03 Å². The molecule has 0 radical (unpaired) electrons. The van der Waals surface area contributed by atoms with Gasteiger partial charge in [-0.2, -0.15) is 0 Å². The number of hydrogen-bond donors (Lipinski definition) is 2. The molecule has 3 rings (SSSR count). The third-order valence-electron chi connectivity index (χ3n) is 4.63. The van der Waals surface area contributed by atoms with E-state index < -0.39 is 23.3 Å². The summed E-state index contributed by atoms with van der Waals surface area (Å²) in [5.74, 6) is -1.01. The van der Waals surface area contributed by atoms with Gasteiger partial charge in [0.1, 0.15) is 5.41 Å². The van der Waals surface area contributed by atoms with Crippen LogP contribution in [0.3, 0.4) is 0 Å². The van der Waals surface area contributed by atoms with Gasteiger partial charge in [-0.05, 0) is 35.6 Å². The van der Waals surface area contributed by atoms with Crippen molar-refractivity contribution in [3.05, 3.63) is 48.0 Å². The molecule has 0 unspecified atom stereocenters. The number of barbiturate groups is 1. The van der Waals surface area contributed by atoms with Crippen molar-refractivity contribution >= 4 is 28.6 Å². The highest BCUT2D eigenvalue weighted by molar-refractivity contribution is 6.19. The molecule has 4 amide bonds. The van der Waals surface area contributed by atoms with Gasteiger partial charge in [0.15, 0.2) is 0 Å². The van der Waals surface area contributed by atoms with E-state index in [1.165, 1.54) is 0 Å². The number of hydrogen-bond acceptors (Lipinski definition) is 3. The van der Waals surface area contributed by atoms with Crippen molar-refractivity contribution in [2.24, 2.45) is 5.41 Å². The molecule has 0 bridgehead atoms. The molecule has 5 nitrogen and oxygen atoms in total. The predicted octanol–water partition coefficient (Wildman–Crippen LogP) is 2.53. The van der Waals surface area contributed by atoms with Crippen molar-refractivity contribution in [1.29, 1.82) is 0 Å². The number of fused-ring (bicyclic) bond motifs is 1. The molecule has 2 aromatic carbocycles. The van der Waals surface area contributed by atoms with E-state index in [1.807, 2.05) is 42.5 Å². The maximum atomic E-state index is 12.3. The number of carbonyl (C=O) groups is 3. The summed E-state index contributed by atoms with van der Waals surface area (Å²) in [6.45, 7) is 1.79. The Morgan fingerprint density at radius 2 is 1.57 bits per heavy atom. The van der Waals surface area contributed by atoms with E-state index in [-0.39, 0.29) is 0 Å². The molecule has 0 aliphatic carbocycles. The number of benzene rings is 2. The van der Waals surface area contributed by atoms with Gasteiger partial charge in [0.25, 0.3) is 0 Å². The lowest BCUT2D eigenvalue weighted by atomic mass is 9.76. The van der Waals surface area contributed by atoms with Gasteiger partial charge in [-0.15, -0.1) is 0 Å². The lowest BCUT2D eigenvalue weighted by Gasteiger charge is -2.33. The van der Waals surface area contributed by atoms with E-state index in [2.05, 4.69) is 10.6 Å². The molecule has 0 spiro atoms. The van der Waals surface area contributed by atoms with E-state index >= 15 is 0 Å². The van der Waals surface area contributed by atoms with Crippen LogP contribution in [0.4, 0.5) is 4.79 Å². The Labute approximate surface area is 134 Å². The van der Waals surface area contributed by atoms with Crippen LogP contribution in [0.2, 0.25) is 0 Å². The predicted molar refractivity (Wildman–Crippen MR) is 86.7 cm³/mol. The van der Waals surface area contributed by atoms with Crippen molar-refractivity contribution in [2.75, 3.05) is 0 Å². The second-order valence-corrected chi connectivity index (χ2v) is 5.81. The zero-order valence-corrected chi connectivity index (χ0v) is 12.9. The highest BCUT2D eigenvalue weighted by atomic mass is 16.2. The molecule has 1 heterocycles. The van der Waals surface area contributed by atoms with Crippen LogP contribution in [0, 0.1) is 5.41 Å². The first-order valence-corrected chi connectivity index (χ1v) is 7.70. The van der Waals surface area contributed by atoms with Crippen molar-refractivity contribution < 1.29 is 14.4 Å². The van der Waals surface area contributed by atoms with Gasteiger partial charge < -0.3 is 0 Å². The van der Waals surface area contributed by atoms with Crippen LogP contribution in [-0.2, 0) is 16.0 Å². The Morgan fingerprint density at radius 1 is 0.913 bits per heavy atom. The van der Waals surface area contributed by atoms with Gasteiger partial charge in [0.2, 0.25) is 11.8 Å². The molecular formula is C18H18N2O3. The van der Waals surface area contributed by atoms with Gasteiger partial charge in [0, 0.05) is 0 Å². The number of amides is 4. The average molecular weight is 310 g/mol. The highest BCUT2D eigenvalue weighted by Gasteiger charge is 2.48. The minimum atomic E-state index is -1.19. The zero-order valence-electron chi connectivity index (χ0n) is 12.9. The fourth-order valence-corrected chi connectivity index (χ4v) is 3.16. The minimum absolute atomic E-state index is 0.350. The van der Waals surface area contributed by atoms with Crippen molar-refractivity contribution in [3.8, 4) is 0 Å². The second kappa shape index (κ2) is 5.83. The Bertz CT molecular complexity index is 772. The lowest BCUT2D eigenvalue weighted by molar-refractivity contribution is -0.145. The fraction of sp³-hybridized carbons (Fsp3) is 0.278. The lowest BCUT2D eigenvalue weighted by Crippen LogP contribution is -2.62. The number of aryl methyl sites for hydroxylation is 1. The van der Waals surface area contributed by atoms with E-state index in [1.54, 1.807) is 6.92 Å². The van der Waals surface area contributed by atoms with Crippen LogP contribution in [0.25, 0.3) is 10.8 Å². The topological polar surface area (TPSA) is 75.3 Å². The molecule has 1 saturated heterocycles. The third-order valence-corrected chi connectivity index (χ3v) is 4.63. The Morgan fingerprint density at radius 3 is 2.26 bits per heavy atom. The Hall–Kier alpha value is -2.69. The molecule has 2 aromatic rings. The van der Waals surface area contributed by atoms with Crippen LogP contribution in [-0.4, -0.2) is 17.8 Å². The normalized spacial score (nSPS) is 17.0. The van der Waals surface area contributed by atoms with Crippen LogP contribution in [0.1, 0.15) is 25.3 Å². The summed E-state index contributed by atoms with van der Waals surface area (Å²) < 4.78 is 0. The van der Waals surface area contributed by atoms with Crippen molar-refractivity contribution in [3.63, 3.8) is 0 Å². The van der Waals surface area contributed by atoms with Crippen LogP contribution < -0.4 is 10.6 Å². The van der Waals surface area contributed by atoms with E-state index in [9.17, 15) is 14.4 Å². The summed E-state index contributed by atoms with van der Waals surface area (Å²) in [5, 5.41) is 6.68. The van der Waals surface area contributed by atoms with Crippen LogP contribution in [0.15, 0.2) is 42.5 Å². The number of rotatable bonds is 4. The number of imide groups is 2. The summed E-state index contributed by atoms with van der Waals surface area (Å²) >= 11 is 0. The first-order chi connectivity index (χ1) is 11.1. The summed E-state index contributed by atoms with van der Waals surface area (Å²) in [5.41, 5.74) is -0.0985. The van der Waals surface area contributed by atoms with Crippen LogP contribution in [0.5, 0.6) is 0 Å². The monoisotopic (exact) mass is 310 g/mol. The first-order valence-electron chi connectivity index (χ1n) is 7.70. The SMILES string of the molecule is CCC1(CCc2cccc3ccccc23)C(=O)NC(=O)NC1=O. The maximum absolute atomic E-state index is 12.3. The number of urea groups is 1. The first kappa shape index (κ1) is 15.2.